The maximum atomic E-state index is 6.37. The molecule has 4 heterocycles. The number of nitrogens with one attached hydrogen (secondary N) is 2. The number of rotatable bonds is 1. The summed E-state index contributed by atoms with van der Waals surface area (Å²) in [5, 5.41) is 7.91. The SMILES string of the molecule is Cc1cc(C2CC3(CNOCCc4cc(Cl)sc43)CC(C)N2)no1. The molecule has 2 aliphatic heterocycles. The van der Waals surface area contributed by atoms with Crippen molar-refractivity contribution < 1.29 is 9.36 Å². The van der Waals surface area contributed by atoms with Crippen LogP contribution in [0.25, 0.3) is 0 Å². The largest absolute Gasteiger partial charge is 0.361 e. The Morgan fingerprint density at radius 2 is 2.25 bits per heavy atom. The molecule has 2 aromatic rings. The minimum Gasteiger partial charge on any atom is -0.361 e. The zero-order chi connectivity index (χ0) is 16.7. The summed E-state index contributed by atoms with van der Waals surface area (Å²) in [6, 6.07) is 4.68. The standard InChI is InChI=1S/C17H22ClN3O2S/c1-10-7-17(8-14(20-10)13-5-11(2)23-21-13)9-19-22-4-3-12-6-15(18)24-16(12)17/h5-6,10,14,19-20H,3-4,7-9H2,1-2H3. The summed E-state index contributed by atoms with van der Waals surface area (Å²) in [6.45, 7) is 5.63. The monoisotopic (exact) mass is 367 g/mol. The Bertz CT molecular complexity index is 731. The molecular weight excluding hydrogens is 346 g/mol. The summed E-state index contributed by atoms with van der Waals surface area (Å²) in [5.41, 5.74) is 5.49. The Kier molecular flexibility index (Phi) is 4.43. The van der Waals surface area contributed by atoms with Gasteiger partial charge in [-0.3, -0.25) is 0 Å². The van der Waals surface area contributed by atoms with Crippen molar-refractivity contribution in [1.82, 2.24) is 16.0 Å². The van der Waals surface area contributed by atoms with Crippen LogP contribution in [0.15, 0.2) is 16.7 Å². The molecule has 24 heavy (non-hydrogen) atoms. The van der Waals surface area contributed by atoms with E-state index in [-0.39, 0.29) is 11.5 Å². The van der Waals surface area contributed by atoms with Crippen molar-refractivity contribution in [3.63, 3.8) is 0 Å². The Labute approximate surface area is 150 Å². The van der Waals surface area contributed by atoms with Crippen LogP contribution in [-0.2, 0) is 16.7 Å². The van der Waals surface area contributed by atoms with Gasteiger partial charge in [0, 0.05) is 28.9 Å². The van der Waals surface area contributed by atoms with Crippen LogP contribution in [0.1, 0.15) is 47.7 Å². The first-order valence-electron chi connectivity index (χ1n) is 8.38. The number of aryl methyl sites for hydroxylation is 1. The molecule has 4 rings (SSSR count). The lowest BCUT2D eigenvalue weighted by atomic mass is 9.70. The number of thiophene rings is 1. The number of nitrogens with zero attached hydrogens (tertiary/aromatic N) is 1. The van der Waals surface area contributed by atoms with Crippen LogP contribution >= 0.6 is 22.9 Å². The van der Waals surface area contributed by atoms with Gasteiger partial charge in [0.05, 0.1) is 17.0 Å². The maximum Gasteiger partial charge on any atom is 0.133 e. The van der Waals surface area contributed by atoms with Crippen LogP contribution < -0.4 is 10.8 Å². The predicted molar refractivity (Wildman–Crippen MR) is 94.5 cm³/mol. The first-order valence-corrected chi connectivity index (χ1v) is 9.58. The Morgan fingerprint density at radius 1 is 1.38 bits per heavy atom. The number of piperidine rings is 1. The molecule has 7 heteroatoms. The molecule has 0 aliphatic carbocycles. The fourth-order valence-electron chi connectivity index (χ4n) is 4.12. The third kappa shape index (κ3) is 3.02. The van der Waals surface area contributed by atoms with Crippen LogP contribution in [-0.4, -0.2) is 24.4 Å². The Hall–Kier alpha value is -0.920. The van der Waals surface area contributed by atoms with E-state index in [0.717, 1.165) is 41.6 Å². The predicted octanol–water partition coefficient (Wildman–Crippen LogP) is 3.53. The minimum absolute atomic E-state index is 0.00422. The Morgan fingerprint density at radius 3 is 3.04 bits per heavy atom. The number of hydrogen-bond donors (Lipinski definition) is 2. The highest BCUT2D eigenvalue weighted by molar-refractivity contribution is 7.16. The molecule has 5 nitrogen and oxygen atoms in total. The molecule has 2 aliphatic rings. The fraction of sp³-hybridized carbons (Fsp3) is 0.588. The molecule has 1 spiro atoms. The normalized spacial score (nSPS) is 30.8. The fourth-order valence-corrected chi connectivity index (χ4v) is 5.63. The lowest BCUT2D eigenvalue weighted by Crippen LogP contribution is -2.52. The van der Waals surface area contributed by atoms with Crippen molar-refractivity contribution in [2.75, 3.05) is 13.2 Å². The third-order valence-electron chi connectivity index (χ3n) is 5.03. The molecule has 0 saturated carbocycles. The first-order chi connectivity index (χ1) is 11.6. The van der Waals surface area contributed by atoms with E-state index in [2.05, 4.69) is 28.9 Å². The molecule has 2 aromatic heterocycles. The van der Waals surface area contributed by atoms with Gasteiger partial charge in [-0.15, -0.1) is 11.3 Å². The van der Waals surface area contributed by atoms with Crippen molar-refractivity contribution in [2.45, 2.75) is 50.6 Å². The molecule has 0 bridgehead atoms. The van der Waals surface area contributed by atoms with Gasteiger partial charge in [0.1, 0.15) is 11.5 Å². The lowest BCUT2D eigenvalue weighted by Gasteiger charge is -2.44. The highest BCUT2D eigenvalue weighted by Gasteiger charge is 2.44. The summed E-state index contributed by atoms with van der Waals surface area (Å²) in [6.07, 6.45) is 2.88. The van der Waals surface area contributed by atoms with Crippen LogP contribution in [0.3, 0.4) is 0 Å². The molecule has 0 radical (unpaired) electrons. The van der Waals surface area contributed by atoms with Crippen LogP contribution in [0, 0.1) is 6.92 Å². The second-order valence-corrected chi connectivity index (χ2v) is 8.68. The highest BCUT2D eigenvalue weighted by Crippen LogP contribution is 2.47. The summed E-state index contributed by atoms with van der Waals surface area (Å²) in [7, 11) is 0. The molecule has 130 valence electrons. The molecule has 1 fully saturated rings. The first kappa shape index (κ1) is 16.5. The zero-order valence-corrected chi connectivity index (χ0v) is 15.5. The van der Waals surface area contributed by atoms with Gasteiger partial charge in [0.2, 0.25) is 0 Å². The molecule has 1 saturated heterocycles. The van der Waals surface area contributed by atoms with Gasteiger partial charge < -0.3 is 14.7 Å². The topological polar surface area (TPSA) is 59.3 Å². The number of hydrogen-bond acceptors (Lipinski definition) is 6. The van der Waals surface area contributed by atoms with E-state index < -0.39 is 0 Å². The van der Waals surface area contributed by atoms with Gasteiger partial charge in [0.15, 0.2) is 0 Å². The van der Waals surface area contributed by atoms with Crippen molar-refractivity contribution in [1.29, 1.82) is 0 Å². The summed E-state index contributed by atoms with van der Waals surface area (Å²) < 4.78 is 6.16. The molecular formula is C17H22ClN3O2S. The van der Waals surface area contributed by atoms with E-state index >= 15 is 0 Å². The summed E-state index contributed by atoms with van der Waals surface area (Å²) in [5.74, 6) is 0.845. The second kappa shape index (κ2) is 6.42. The number of hydroxylamine groups is 1. The summed E-state index contributed by atoms with van der Waals surface area (Å²) >= 11 is 8.09. The number of halogens is 1. The van der Waals surface area contributed by atoms with Gasteiger partial charge >= 0.3 is 0 Å². The maximum absolute atomic E-state index is 6.37. The van der Waals surface area contributed by atoms with Gasteiger partial charge in [-0.1, -0.05) is 16.8 Å². The second-order valence-electron chi connectivity index (χ2n) is 7.00. The molecule has 3 unspecified atom stereocenters. The molecule has 0 aromatic carbocycles. The van der Waals surface area contributed by atoms with Gasteiger partial charge in [-0.05, 0) is 44.7 Å². The van der Waals surface area contributed by atoms with E-state index in [1.165, 1.54) is 10.4 Å². The average Bonchev–Trinajstić information content (AvgIpc) is 3.11. The van der Waals surface area contributed by atoms with Crippen molar-refractivity contribution in [3.05, 3.63) is 38.4 Å². The zero-order valence-electron chi connectivity index (χ0n) is 13.9. The summed E-state index contributed by atoms with van der Waals surface area (Å²) in [4.78, 5) is 7.01. The van der Waals surface area contributed by atoms with Crippen molar-refractivity contribution in [3.8, 4) is 0 Å². The van der Waals surface area contributed by atoms with Crippen molar-refractivity contribution >= 4 is 22.9 Å². The van der Waals surface area contributed by atoms with E-state index in [0.29, 0.717) is 12.6 Å². The number of fused-ring (bicyclic) bond motifs is 2. The quantitative estimate of drug-likeness (QED) is 0.807. The van der Waals surface area contributed by atoms with E-state index in [9.17, 15) is 0 Å². The molecule has 2 N–H and O–H groups in total. The lowest BCUT2D eigenvalue weighted by molar-refractivity contribution is 0.0153. The number of aromatic nitrogens is 1. The van der Waals surface area contributed by atoms with Crippen LogP contribution in [0.5, 0.6) is 0 Å². The van der Waals surface area contributed by atoms with E-state index in [1.54, 1.807) is 11.3 Å². The van der Waals surface area contributed by atoms with E-state index in [1.807, 2.05) is 13.0 Å². The van der Waals surface area contributed by atoms with E-state index in [4.69, 9.17) is 21.0 Å². The van der Waals surface area contributed by atoms with Crippen molar-refractivity contribution in [2.24, 2.45) is 0 Å². The van der Waals surface area contributed by atoms with Crippen LogP contribution in [0.4, 0.5) is 0 Å². The highest BCUT2D eigenvalue weighted by atomic mass is 35.5. The third-order valence-corrected chi connectivity index (χ3v) is 6.58. The van der Waals surface area contributed by atoms with Gasteiger partial charge in [-0.2, -0.15) is 0 Å². The smallest absolute Gasteiger partial charge is 0.133 e. The average molecular weight is 368 g/mol. The van der Waals surface area contributed by atoms with Crippen LogP contribution in [0.2, 0.25) is 4.34 Å². The molecule has 3 atom stereocenters. The van der Waals surface area contributed by atoms with Gasteiger partial charge in [-0.25, -0.2) is 5.48 Å². The minimum atomic E-state index is -0.00422. The molecule has 0 amide bonds. The van der Waals surface area contributed by atoms with Gasteiger partial charge in [0.25, 0.3) is 0 Å². The Balaban J connectivity index is 1.74.